The zero-order chi connectivity index (χ0) is 28.1. The molecule has 3 heterocycles. The van der Waals surface area contributed by atoms with Gasteiger partial charge in [0.2, 0.25) is 0 Å². The van der Waals surface area contributed by atoms with Gasteiger partial charge in [0.05, 0.1) is 4.91 Å². The average molecular weight is 568 g/mol. The number of hydrogen-bond acceptors (Lipinski definition) is 7. The second-order valence-electron chi connectivity index (χ2n) is 9.80. The number of unbranched alkanes of at least 4 members (excludes halogenated alkanes) is 2. The summed E-state index contributed by atoms with van der Waals surface area (Å²) in [7, 11) is 0. The Morgan fingerprint density at radius 2 is 1.69 bits per heavy atom. The molecule has 10 heteroatoms. The number of carbonyl (C=O) groups is 1. The number of hydrogen-bond donors (Lipinski definition) is 0. The van der Waals surface area contributed by atoms with Crippen molar-refractivity contribution >= 4 is 51.8 Å². The van der Waals surface area contributed by atoms with Crippen LogP contribution in [0.3, 0.4) is 0 Å². The van der Waals surface area contributed by atoms with Crippen molar-refractivity contribution in [2.45, 2.75) is 53.0 Å². The van der Waals surface area contributed by atoms with Crippen LogP contribution in [0.5, 0.6) is 0 Å². The first-order chi connectivity index (χ1) is 18.8. The van der Waals surface area contributed by atoms with Crippen LogP contribution in [-0.2, 0) is 11.3 Å². The van der Waals surface area contributed by atoms with Gasteiger partial charge in [0.15, 0.2) is 0 Å². The molecule has 39 heavy (non-hydrogen) atoms. The summed E-state index contributed by atoms with van der Waals surface area (Å²) in [6.45, 7) is 9.57. The largest absolute Gasteiger partial charge is 0.368 e. The summed E-state index contributed by atoms with van der Waals surface area (Å²) >= 11 is 6.81. The van der Waals surface area contributed by atoms with Crippen molar-refractivity contribution in [3.05, 3.63) is 62.0 Å². The van der Waals surface area contributed by atoms with Crippen LogP contribution in [0.15, 0.2) is 34.0 Å². The monoisotopic (exact) mass is 567 g/mol. The van der Waals surface area contributed by atoms with Gasteiger partial charge in [0.1, 0.15) is 27.6 Å². The van der Waals surface area contributed by atoms with Gasteiger partial charge in [-0.2, -0.15) is 5.26 Å². The fraction of sp³-hybridized carbons (Fsp3) is 0.448. The van der Waals surface area contributed by atoms with E-state index in [0.29, 0.717) is 59.6 Å². The van der Waals surface area contributed by atoms with Crippen LogP contribution in [0.25, 0.3) is 6.08 Å². The molecule has 0 saturated carbocycles. The van der Waals surface area contributed by atoms with Gasteiger partial charge in [0.25, 0.3) is 11.5 Å². The molecule has 2 saturated heterocycles. The molecule has 1 amide bonds. The Morgan fingerprint density at radius 3 is 2.31 bits per heavy atom. The molecule has 0 radical (unpaired) electrons. The Kier molecular flexibility index (Phi) is 9.46. The summed E-state index contributed by atoms with van der Waals surface area (Å²) in [6, 6.07) is 8.58. The van der Waals surface area contributed by atoms with Crippen LogP contribution >= 0.6 is 24.0 Å². The van der Waals surface area contributed by atoms with E-state index in [2.05, 4.69) is 22.8 Å². The van der Waals surface area contributed by atoms with Crippen molar-refractivity contribution in [2.24, 2.45) is 0 Å². The number of aromatic nitrogens is 1. The molecule has 2 aromatic rings. The third kappa shape index (κ3) is 6.04. The maximum atomic E-state index is 13.4. The summed E-state index contributed by atoms with van der Waals surface area (Å²) in [5, 5.41) is 9.88. The highest BCUT2D eigenvalue weighted by molar-refractivity contribution is 8.26. The molecular formula is C29H34FN5O2S2. The lowest BCUT2D eigenvalue weighted by atomic mass is 10.0. The van der Waals surface area contributed by atoms with Gasteiger partial charge >= 0.3 is 0 Å². The van der Waals surface area contributed by atoms with E-state index in [9.17, 15) is 19.2 Å². The maximum Gasteiger partial charge on any atom is 0.270 e. The van der Waals surface area contributed by atoms with E-state index in [1.807, 2.05) is 13.0 Å². The predicted octanol–water partition coefficient (Wildman–Crippen LogP) is 5.30. The van der Waals surface area contributed by atoms with Gasteiger partial charge in [0, 0.05) is 50.5 Å². The molecule has 1 aromatic heterocycles. The van der Waals surface area contributed by atoms with Crippen molar-refractivity contribution in [3.63, 3.8) is 0 Å². The topological polar surface area (TPSA) is 72.6 Å². The molecule has 0 N–H and O–H groups in total. The summed E-state index contributed by atoms with van der Waals surface area (Å²) < 4.78 is 15.7. The van der Waals surface area contributed by atoms with E-state index in [0.717, 1.165) is 37.2 Å². The van der Waals surface area contributed by atoms with E-state index in [4.69, 9.17) is 12.2 Å². The molecule has 0 aliphatic carbocycles. The number of anilines is 2. The van der Waals surface area contributed by atoms with Gasteiger partial charge < -0.3 is 9.80 Å². The number of halogens is 1. The van der Waals surface area contributed by atoms with Crippen LogP contribution in [0.4, 0.5) is 15.9 Å². The minimum Gasteiger partial charge on any atom is -0.368 e. The third-order valence-corrected chi connectivity index (χ3v) is 8.58. The van der Waals surface area contributed by atoms with Crippen molar-refractivity contribution in [1.82, 2.24) is 9.47 Å². The van der Waals surface area contributed by atoms with Gasteiger partial charge in [-0.25, -0.2) is 4.39 Å². The Bertz CT molecular complexity index is 1370. The lowest BCUT2D eigenvalue weighted by molar-refractivity contribution is -0.122. The van der Waals surface area contributed by atoms with Crippen LogP contribution in [0.2, 0.25) is 0 Å². The highest BCUT2D eigenvalue weighted by Crippen LogP contribution is 2.36. The normalized spacial score (nSPS) is 16.9. The number of pyridine rings is 1. The van der Waals surface area contributed by atoms with Crippen LogP contribution < -0.4 is 15.4 Å². The number of carbonyl (C=O) groups excluding carboxylic acids is 1. The summed E-state index contributed by atoms with van der Waals surface area (Å²) in [6.07, 6.45) is 5.50. The van der Waals surface area contributed by atoms with Crippen LogP contribution in [0, 0.1) is 24.1 Å². The fourth-order valence-electron chi connectivity index (χ4n) is 5.09. The number of thioether (sulfide) groups is 1. The summed E-state index contributed by atoms with van der Waals surface area (Å²) in [5.74, 6) is 0.335. The fourth-order valence-corrected chi connectivity index (χ4v) is 6.38. The molecule has 4 rings (SSSR count). The van der Waals surface area contributed by atoms with E-state index in [-0.39, 0.29) is 22.8 Å². The summed E-state index contributed by atoms with van der Waals surface area (Å²) in [5.41, 5.74) is 2.02. The number of nitrogens with zero attached hydrogens (tertiary/aromatic N) is 5. The molecule has 0 atom stereocenters. The Labute approximate surface area is 238 Å². The van der Waals surface area contributed by atoms with E-state index in [1.165, 1.54) is 23.9 Å². The Hall–Kier alpha value is -3.16. The van der Waals surface area contributed by atoms with Crippen molar-refractivity contribution in [3.8, 4) is 6.07 Å². The van der Waals surface area contributed by atoms with Crippen molar-refractivity contribution in [1.29, 1.82) is 5.26 Å². The van der Waals surface area contributed by atoms with E-state index < -0.39 is 0 Å². The van der Waals surface area contributed by atoms with Crippen molar-refractivity contribution in [2.75, 3.05) is 42.5 Å². The molecule has 0 spiro atoms. The minimum absolute atomic E-state index is 0.0989. The molecule has 0 bridgehead atoms. The number of rotatable bonds is 9. The quantitative estimate of drug-likeness (QED) is 0.231. The number of benzene rings is 1. The lowest BCUT2D eigenvalue weighted by Gasteiger charge is -2.39. The van der Waals surface area contributed by atoms with Crippen molar-refractivity contribution < 1.29 is 9.18 Å². The van der Waals surface area contributed by atoms with Gasteiger partial charge in [-0.15, -0.1) is 0 Å². The molecule has 2 fully saturated rings. The first-order valence-corrected chi connectivity index (χ1v) is 14.7. The van der Waals surface area contributed by atoms with E-state index >= 15 is 0 Å². The standard InChI is InChI=1S/C29H34FN5O2S2/c1-4-6-7-13-35-28(37)25(39-29(35)38)18-23-20(3)24(19-31)27(36)34(12-5-2)26(23)33-16-14-32(15-17-33)22-10-8-21(30)9-11-22/h8-11,18H,4-7,12-17H2,1-3H3/b25-18-. The molecular weight excluding hydrogens is 533 g/mol. The Morgan fingerprint density at radius 1 is 1.03 bits per heavy atom. The smallest absolute Gasteiger partial charge is 0.270 e. The predicted molar refractivity (Wildman–Crippen MR) is 161 cm³/mol. The third-order valence-electron chi connectivity index (χ3n) is 7.20. The van der Waals surface area contributed by atoms with Gasteiger partial charge in [-0.1, -0.05) is 50.7 Å². The highest BCUT2D eigenvalue weighted by atomic mass is 32.2. The van der Waals surface area contributed by atoms with E-state index in [1.54, 1.807) is 28.5 Å². The SMILES string of the molecule is CCCCCN1C(=O)/C(=C/c2c(C)c(C#N)c(=O)n(CCC)c2N2CCN(c3ccc(F)cc3)CC2)SC1=S. The first-order valence-electron chi connectivity index (χ1n) is 13.5. The summed E-state index contributed by atoms with van der Waals surface area (Å²) in [4.78, 5) is 33.3. The van der Waals surface area contributed by atoms with Gasteiger partial charge in [-0.3, -0.25) is 19.1 Å². The molecule has 2 aliphatic heterocycles. The second kappa shape index (κ2) is 12.8. The highest BCUT2D eigenvalue weighted by Gasteiger charge is 2.33. The molecule has 1 aromatic carbocycles. The number of nitriles is 1. The van der Waals surface area contributed by atoms with Gasteiger partial charge in [-0.05, 0) is 55.7 Å². The zero-order valence-corrected chi connectivity index (χ0v) is 24.3. The molecule has 206 valence electrons. The molecule has 2 aliphatic rings. The lowest BCUT2D eigenvalue weighted by Crippen LogP contribution is -2.48. The second-order valence-corrected chi connectivity index (χ2v) is 11.5. The molecule has 0 unspecified atom stereocenters. The zero-order valence-electron chi connectivity index (χ0n) is 22.7. The first kappa shape index (κ1) is 28.8. The number of thiocarbonyl (C=S) groups is 1. The van der Waals surface area contributed by atoms with Crippen LogP contribution in [-0.4, -0.2) is 52.4 Å². The molecule has 7 nitrogen and oxygen atoms in total. The maximum absolute atomic E-state index is 13.4. The Balaban J connectivity index is 1.74. The minimum atomic E-state index is -0.308. The average Bonchev–Trinajstić information content (AvgIpc) is 3.20. The number of amides is 1. The van der Waals surface area contributed by atoms with Crippen LogP contribution in [0.1, 0.15) is 56.2 Å². The number of piperazine rings is 1.